The maximum atomic E-state index is 5.93. The molecule has 0 radical (unpaired) electrons. The Morgan fingerprint density at radius 2 is 2.11 bits per heavy atom. The van der Waals surface area contributed by atoms with Crippen LogP contribution in [0.2, 0.25) is 0 Å². The van der Waals surface area contributed by atoms with E-state index in [1.54, 1.807) is 0 Å². The van der Waals surface area contributed by atoms with E-state index >= 15 is 0 Å². The Morgan fingerprint density at radius 3 is 2.84 bits per heavy atom. The smallest absolute Gasteiger partial charge is 0.123 e. The van der Waals surface area contributed by atoms with Crippen molar-refractivity contribution in [3.05, 3.63) is 18.2 Å². The first kappa shape index (κ1) is 14.0. The van der Waals surface area contributed by atoms with Gasteiger partial charge in [0.05, 0.1) is 6.61 Å². The van der Waals surface area contributed by atoms with Crippen LogP contribution in [-0.4, -0.2) is 12.6 Å². The lowest BCUT2D eigenvalue weighted by Gasteiger charge is -2.30. The minimum Gasteiger partial charge on any atom is -0.494 e. The molecule has 0 spiro atoms. The van der Waals surface area contributed by atoms with Crippen molar-refractivity contribution in [1.82, 2.24) is 0 Å². The van der Waals surface area contributed by atoms with Crippen molar-refractivity contribution < 1.29 is 4.74 Å². The lowest BCUT2D eigenvalue weighted by Crippen LogP contribution is -2.27. The molecule has 0 saturated heterocycles. The van der Waals surface area contributed by atoms with E-state index in [2.05, 4.69) is 18.3 Å². The monoisotopic (exact) mass is 262 g/mol. The van der Waals surface area contributed by atoms with Crippen molar-refractivity contribution in [2.45, 2.75) is 52.0 Å². The summed E-state index contributed by atoms with van der Waals surface area (Å²) in [5, 5.41) is 3.62. The highest BCUT2D eigenvalue weighted by molar-refractivity contribution is 5.59. The van der Waals surface area contributed by atoms with Crippen molar-refractivity contribution >= 4 is 11.4 Å². The van der Waals surface area contributed by atoms with E-state index in [0.717, 1.165) is 23.0 Å². The van der Waals surface area contributed by atoms with Gasteiger partial charge in [-0.3, -0.25) is 0 Å². The molecule has 0 amide bonds. The number of nitrogens with two attached hydrogens (primary N) is 1. The molecular formula is C16H26N2O. The summed E-state index contributed by atoms with van der Waals surface area (Å²) < 4.78 is 5.54. The molecule has 1 aromatic carbocycles. The molecule has 0 aromatic heterocycles. The fourth-order valence-corrected chi connectivity index (χ4v) is 2.98. The number of hydrogen-bond acceptors (Lipinski definition) is 3. The van der Waals surface area contributed by atoms with Crippen molar-refractivity contribution in [3.63, 3.8) is 0 Å². The Bertz CT molecular complexity index is 406. The third-order valence-corrected chi connectivity index (χ3v) is 3.97. The van der Waals surface area contributed by atoms with Gasteiger partial charge in [0.25, 0.3) is 0 Å². The summed E-state index contributed by atoms with van der Waals surface area (Å²) >= 11 is 0. The lowest BCUT2D eigenvalue weighted by molar-refractivity contribution is 0.327. The van der Waals surface area contributed by atoms with Crippen molar-refractivity contribution in [3.8, 4) is 5.75 Å². The van der Waals surface area contributed by atoms with Gasteiger partial charge in [0.1, 0.15) is 5.75 Å². The minimum absolute atomic E-state index is 0.579. The van der Waals surface area contributed by atoms with Gasteiger partial charge < -0.3 is 15.8 Å². The number of benzene rings is 1. The van der Waals surface area contributed by atoms with E-state index in [9.17, 15) is 0 Å². The van der Waals surface area contributed by atoms with E-state index in [1.807, 2.05) is 19.1 Å². The summed E-state index contributed by atoms with van der Waals surface area (Å²) in [5.74, 6) is 1.73. The van der Waals surface area contributed by atoms with E-state index in [0.29, 0.717) is 12.6 Å². The molecule has 1 saturated carbocycles. The van der Waals surface area contributed by atoms with Crippen LogP contribution in [0.1, 0.15) is 46.0 Å². The van der Waals surface area contributed by atoms with E-state index in [-0.39, 0.29) is 0 Å². The molecule has 3 N–H and O–H groups in total. The van der Waals surface area contributed by atoms with Crippen LogP contribution in [0, 0.1) is 5.92 Å². The number of nitrogens with one attached hydrogen (secondary N) is 1. The third kappa shape index (κ3) is 4.05. The van der Waals surface area contributed by atoms with Crippen LogP contribution in [0.5, 0.6) is 5.75 Å². The Labute approximate surface area is 116 Å². The zero-order chi connectivity index (χ0) is 13.7. The van der Waals surface area contributed by atoms with E-state index in [1.165, 1.54) is 32.1 Å². The summed E-state index contributed by atoms with van der Waals surface area (Å²) in [7, 11) is 0. The molecule has 106 valence electrons. The van der Waals surface area contributed by atoms with Crippen LogP contribution in [0.4, 0.5) is 11.4 Å². The Morgan fingerprint density at radius 1 is 1.26 bits per heavy atom. The highest BCUT2D eigenvalue weighted by Gasteiger charge is 2.20. The quantitative estimate of drug-likeness (QED) is 0.787. The largest absolute Gasteiger partial charge is 0.494 e. The second-order valence-electron chi connectivity index (χ2n) is 5.51. The maximum absolute atomic E-state index is 5.93. The molecule has 2 unspecified atom stereocenters. The topological polar surface area (TPSA) is 47.3 Å². The molecular weight excluding hydrogens is 236 g/mol. The van der Waals surface area contributed by atoms with E-state index in [4.69, 9.17) is 10.5 Å². The Hall–Kier alpha value is -1.38. The predicted molar refractivity (Wildman–Crippen MR) is 81.7 cm³/mol. The maximum Gasteiger partial charge on any atom is 0.123 e. The number of rotatable bonds is 5. The molecule has 0 heterocycles. The summed E-state index contributed by atoms with van der Waals surface area (Å²) in [6, 6.07) is 6.51. The molecule has 2 atom stereocenters. The molecule has 19 heavy (non-hydrogen) atoms. The average molecular weight is 262 g/mol. The van der Waals surface area contributed by atoms with Gasteiger partial charge in [-0.1, -0.05) is 26.2 Å². The van der Waals surface area contributed by atoms with Crippen LogP contribution in [0.15, 0.2) is 18.2 Å². The van der Waals surface area contributed by atoms with Crippen molar-refractivity contribution in [1.29, 1.82) is 0 Å². The van der Waals surface area contributed by atoms with Gasteiger partial charge in [-0.05, 0) is 31.7 Å². The number of nitrogen functional groups attached to an aromatic ring is 1. The normalized spacial score (nSPS) is 23.1. The standard InChI is InChI=1S/C16H26N2O/c1-3-12-6-5-7-14(8-12)18-15-9-13(17)10-16(11-15)19-4-2/h9-12,14,18H,3-8,17H2,1-2H3. The molecule has 1 aliphatic carbocycles. The van der Waals surface area contributed by atoms with Crippen LogP contribution in [-0.2, 0) is 0 Å². The lowest BCUT2D eigenvalue weighted by atomic mass is 9.84. The first-order chi connectivity index (χ1) is 9.21. The van der Waals surface area contributed by atoms with Gasteiger partial charge in [0, 0.05) is 29.5 Å². The molecule has 1 aliphatic rings. The minimum atomic E-state index is 0.579. The summed E-state index contributed by atoms with van der Waals surface area (Å²) in [6.07, 6.45) is 6.54. The summed E-state index contributed by atoms with van der Waals surface area (Å²) in [5.41, 5.74) is 7.78. The number of hydrogen-bond donors (Lipinski definition) is 2. The van der Waals surface area contributed by atoms with Gasteiger partial charge in [-0.15, -0.1) is 0 Å². The number of ether oxygens (including phenoxy) is 1. The van der Waals surface area contributed by atoms with Gasteiger partial charge >= 0.3 is 0 Å². The zero-order valence-electron chi connectivity index (χ0n) is 12.1. The predicted octanol–water partition coefficient (Wildman–Crippen LogP) is 4.05. The van der Waals surface area contributed by atoms with Crippen LogP contribution < -0.4 is 15.8 Å². The van der Waals surface area contributed by atoms with Crippen LogP contribution in [0.25, 0.3) is 0 Å². The van der Waals surface area contributed by atoms with Crippen LogP contribution in [0.3, 0.4) is 0 Å². The first-order valence-electron chi connectivity index (χ1n) is 7.51. The second kappa shape index (κ2) is 6.69. The Balaban J connectivity index is 2.01. The Kier molecular flexibility index (Phi) is 4.94. The van der Waals surface area contributed by atoms with Gasteiger partial charge in [0.15, 0.2) is 0 Å². The first-order valence-corrected chi connectivity index (χ1v) is 7.51. The SMILES string of the molecule is CCOc1cc(N)cc(NC2CCCC(CC)C2)c1. The van der Waals surface area contributed by atoms with Crippen molar-refractivity contribution in [2.75, 3.05) is 17.7 Å². The zero-order valence-corrected chi connectivity index (χ0v) is 12.1. The molecule has 1 aromatic rings. The fourth-order valence-electron chi connectivity index (χ4n) is 2.98. The van der Waals surface area contributed by atoms with Gasteiger partial charge in [0.2, 0.25) is 0 Å². The molecule has 1 fully saturated rings. The molecule has 0 aliphatic heterocycles. The van der Waals surface area contributed by atoms with Gasteiger partial charge in [-0.2, -0.15) is 0 Å². The van der Waals surface area contributed by atoms with E-state index < -0.39 is 0 Å². The van der Waals surface area contributed by atoms with Crippen molar-refractivity contribution in [2.24, 2.45) is 5.92 Å². The van der Waals surface area contributed by atoms with Gasteiger partial charge in [-0.25, -0.2) is 0 Å². The highest BCUT2D eigenvalue weighted by Crippen LogP contribution is 2.30. The fraction of sp³-hybridized carbons (Fsp3) is 0.625. The summed E-state index contributed by atoms with van der Waals surface area (Å²) in [6.45, 7) is 4.95. The molecule has 0 bridgehead atoms. The second-order valence-corrected chi connectivity index (χ2v) is 5.51. The highest BCUT2D eigenvalue weighted by atomic mass is 16.5. The average Bonchev–Trinajstić information content (AvgIpc) is 2.38. The number of anilines is 2. The third-order valence-electron chi connectivity index (χ3n) is 3.97. The molecule has 3 heteroatoms. The molecule has 2 rings (SSSR count). The summed E-state index contributed by atoms with van der Waals surface area (Å²) in [4.78, 5) is 0. The molecule has 3 nitrogen and oxygen atoms in total. The van der Waals surface area contributed by atoms with Crippen LogP contribution >= 0.6 is 0 Å².